The average molecular weight is 339 g/mol. The van der Waals surface area contributed by atoms with Gasteiger partial charge in [-0.15, -0.1) is 0 Å². The molecular weight excluding hydrogens is 323 g/mol. The number of hydrogen-bond acceptors (Lipinski definition) is 2. The molecule has 20 heavy (non-hydrogen) atoms. The van der Waals surface area contributed by atoms with Crippen LogP contribution in [0.15, 0.2) is 22.7 Å². The molecule has 1 aromatic rings. The number of nitriles is 1. The maximum Gasteiger partial charge on any atom is 0.255 e. The van der Waals surface area contributed by atoms with Crippen molar-refractivity contribution in [3.05, 3.63) is 34.1 Å². The Morgan fingerprint density at radius 1 is 1.40 bits per heavy atom. The van der Waals surface area contributed by atoms with Gasteiger partial charge in [-0.1, -0.05) is 35.2 Å². The number of rotatable bonds is 3. The molecule has 1 aromatic carbocycles. The molecule has 3 nitrogen and oxygen atoms in total. The van der Waals surface area contributed by atoms with Crippen molar-refractivity contribution in [2.45, 2.75) is 38.1 Å². The van der Waals surface area contributed by atoms with Gasteiger partial charge in [0.15, 0.2) is 0 Å². The van der Waals surface area contributed by atoms with Crippen LogP contribution >= 0.6 is 15.9 Å². The average Bonchev–Trinajstić information content (AvgIpc) is 2.45. The fourth-order valence-electron chi connectivity index (χ4n) is 2.62. The lowest BCUT2D eigenvalue weighted by atomic mass is 9.84. The third-order valence-corrected chi connectivity index (χ3v) is 4.22. The Morgan fingerprint density at radius 3 is 2.70 bits per heavy atom. The van der Waals surface area contributed by atoms with E-state index in [1.54, 1.807) is 6.07 Å². The predicted molar refractivity (Wildman–Crippen MR) is 77.5 cm³/mol. The van der Waals surface area contributed by atoms with Crippen LogP contribution in [0.4, 0.5) is 4.39 Å². The zero-order valence-corrected chi connectivity index (χ0v) is 12.6. The van der Waals surface area contributed by atoms with Crippen LogP contribution in [0, 0.1) is 23.1 Å². The zero-order chi connectivity index (χ0) is 14.5. The van der Waals surface area contributed by atoms with Crippen molar-refractivity contribution >= 4 is 21.8 Å². The molecule has 1 fully saturated rings. The van der Waals surface area contributed by atoms with Crippen LogP contribution in [0.5, 0.6) is 0 Å². The molecule has 1 unspecified atom stereocenters. The molecule has 0 bridgehead atoms. The first-order valence-corrected chi connectivity index (χ1v) is 7.56. The van der Waals surface area contributed by atoms with E-state index in [1.165, 1.54) is 18.6 Å². The summed E-state index contributed by atoms with van der Waals surface area (Å²) in [6, 6.07) is 5.88. The smallest absolute Gasteiger partial charge is 0.255 e. The Kier molecular flexibility index (Phi) is 5.13. The van der Waals surface area contributed by atoms with Crippen molar-refractivity contribution in [1.29, 1.82) is 5.26 Å². The van der Waals surface area contributed by atoms with Gasteiger partial charge in [0.05, 0.1) is 11.6 Å². The first kappa shape index (κ1) is 15.0. The lowest BCUT2D eigenvalue weighted by molar-refractivity contribution is 0.0925. The molecule has 0 aromatic heterocycles. The van der Waals surface area contributed by atoms with Crippen LogP contribution in [-0.2, 0) is 0 Å². The van der Waals surface area contributed by atoms with E-state index in [1.807, 2.05) is 0 Å². The van der Waals surface area contributed by atoms with Crippen LogP contribution < -0.4 is 5.32 Å². The van der Waals surface area contributed by atoms with Gasteiger partial charge >= 0.3 is 0 Å². The van der Waals surface area contributed by atoms with Gasteiger partial charge in [-0.2, -0.15) is 5.26 Å². The Labute approximate surface area is 126 Å². The maximum atomic E-state index is 13.7. The largest absolute Gasteiger partial charge is 0.336 e. The number of carbonyl (C=O) groups is 1. The number of carbonyl (C=O) groups excluding carboxylic acids is 1. The molecule has 0 spiro atoms. The second-order valence-electron chi connectivity index (χ2n) is 5.10. The van der Waals surface area contributed by atoms with Crippen molar-refractivity contribution in [1.82, 2.24) is 5.32 Å². The number of hydrogen-bond donors (Lipinski definition) is 1. The third-order valence-electron chi connectivity index (χ3n) is 3.72. The van der Waals surface area contributed by atoms with Gasteiger partial charge in [0, 0.05) is 4.47 Å². The van der Waals surface area contributed by atoms with Gasteiger partial charge in [0.1, 0.15) is 11.9 Å². The molecule has 0 radical (unpaired) electrons. The molecule has 1 atom stereocenters. The summed E-state index contributed by atoms with van der Waals surface area (Å²) in [7, 11) is 0. The van der Waals surface area contributed by atoms with Crippen molar-refractivity contribution in [3.63, 3.8) is 0 Å². The molecule has 106 valence electrons. The van der Waals surface area contributed by atoms with Gasteiger partial charge in [-0.3, -0.25) is 4.79 Å². The summed E-state index contributed by atoms with van der Waals surface area (Å²) < 4.78 is 14.3. The minimum atomic E-state index is -0.586. The van der Waals surface area contributed by atoms with Crippen molar-refractivity contribution in [3.8, 4) is 6.07 Å². The molecule has 1 aliphatic rings. The first-order chi connectivity index (χ1) is 9.61. The number of nitrogens with one attached hydrogen (secondary N) is 1. The monoisotopic (exact) mass is 338 g/mol. The molecule has 2 rings (SSSR count). The van der Waals surface area contributed by atoms with Crippen LogP contribution in [0.2, 0.25) is 0 Å². The SMILES string of the molecule is N#CC(NC(=O)c1ccc(Br)cc1F)C1CCCCC1. The zero-order valence-electron chi connectivity index (χ0n) is 11.0. The minimum absolute atomic E-state index is 0.0238. The lowest BCUT2D eigenvalue weighted by Gasteiger charge is -2.26. The summed E-state index contributed by atoms with van der Waals surface area (Å²) in [5.74, 6) is -0.930. The summed E-state index contributed by atoms with van der Waals surface area (Å²) in [5, 5.41) is 11.9. The number of amides is 1. The number of benzene rings is 1. The Bertz CT molecular complexity index is 535. The Hall–Kier alpha value is -1.41. The Balaban J connectivity index is 2.07. The van der Waals surface area contributed by atoms with E-state index < -0.39 is 17.8 Å². The van der Waals surface area contributed by atoms with Gasteiger partial charge in [-0.25, -0.2) is 4.39 Å². The first-order valence-electron chi connectivity index (χ1n) is 6.77. The van der Waals surface area contributed by atoms with Crippen LogP contribution in [-0.4, -0.2) is 11.9 Å². The van der Waals surface area contributed by atoms with Crippen LogP contribution in [0.3, 0.4) is 0 Å². The number of nitrogens with zero attached hydrogens (tertiary/aromatic N) is 1. The van der Waals surface area contributed by atoms with Gasteiger partial charge in [0.25, 0.3) is 5.91 Å². The highest BCUT2D eigenvalue weighted by molar-refractivity contribution is 9.10. The molecule has 1 saturated carbocycles. The molecular formula is C15H16BrFN2O. The molecule has 1 aliphatic carbocycles. The molecule has 1 amide bonds. The van der Waals surface area contributed by atoms with Crippen molar-refractivity contribution < 1.29 is 9.18 Å². The maximum absolute atomic E-state index is 13.7. The van der Waals surface area contributed by atoms with E-state index in [2.05, 4.69) is 27.3 Å². The standard InChI is InChI=1S/C15H16BrFN2O/c16-11-6-7-12(13(17)8-11)15(20)19-14(9-18)10-4-2-1-3-5-10/h6-8,10,14H,1-5H2,(H,19,20). The minimum Gasteiger partial charge on any atom is -0.336 e. The Morgan fingerprint density at radius 2 is 2.10 bits per heavy atom. The van der Waals surface area contributed by atoms with Gasteiger partial charge in [-0.05, 0) is 37.0 Å². The highest BCUT2D eigenvalue weighted by atomic mass is 79.9. The van der Waals surface area contributed by atoms with E-state index in [0.717, 1.165) is 25.7 Å². The molecule has 0 heterocycles. The second kappa shape index (κ2) is 6.85. The van der Waals surface area contributed by atoms with Crippen LogP contribution in [0.1, 0.15) is 42.5 Å². The molecule has 0 saturated heterocycles. The van der Waals surface area contributed by atoms with Crippen molar-refractivity contribution in [2.24, 2.45) is 5.92 Å². The topological polar surface area (TPSA) is 52.9 Å². The van der Waals surface area contributed by atoms with Gasteiger partial charge < -0.3 is 5.32 Å². The normalized spacial score (nSPS) is 17.2. The quantitative estimate of drug-likeness (QED) is 0.911. The second-order valence-corrected chi connectivity index (χ2v) is 6.02. The van der Waals surface area contributed by atoms with Gasteiger partial charge in [0.2, 0.25) is 0 Å². The molecule has 5 heteroatoms. The summed E-state index contributed by atoms with van der Waals surface area (Å²) in [6.45, 7) is 0. The number of halogens is 2. The molecule has 1 N–H and O–H groups in total. The highest BCUT2D eigenvalue weighted by Gasteiger charge is 2.26. The fourth-order valence-corrected chi connectivity index (χ4v) is 2.95. The predicted octanol–water partition coefficient (Wildman–Crippen LogP) is 3.79. The van der Waals surface area contributed by atoms with Crippen molar-refractivity contribution in [2.75, 3.05) is 0 Å². The summed E-state index contributed by atoms with van der Waals surface area (Å²) in [4.78, 5) is 12.1. The van der Waals surface area contributed by atoms with E-state index >= 15 is 0 Å². The molecule has 0 aliphatic heterocycles. The highest BCUT2D eigenvalue weighted by Crippen LogP contribution is 2.26. The summed E-state index contributed by atoms with van der Waals surface area (Å²) in [5.41, 5.74) is -0.0238. The van der Waals surface area contributed by atoms with E-state index in [9.17, 15) is 14.4 Å². The van der Waals surface area contributed by atoms with Crippen LogP contribution in [0.25, 0.3) is 0 Å². The van der Waals surface area contributed by atoms with E-state index in [0.29, 0.717) is 4.47 Å². The third kappa shape index (κ3) is 3.57. The van der Waals surface area contributed by atoms with E-state index in [4.69, 9.17) is 0 Å². The van der Waals surface area contributed by atoms with E-state index in [-0.39, 0.29) is 11.5 Å². The fraction of sp³-hybridized carbons (Fsp3) is 0.467. The summed E-state index contributed by atoms with van der Waals surface area (Å²) >= 11 is 3.15. The lowest BCUT2D eigenvalue weighted by Crippen LogP contribution is -2.40. The summed E-state index contributed by atoms with van der Waals surface area (Å²) in [6.07, 6.45) is 5.25.